The molecule has 2 aromatic rings. The molecule has 1 aliphatic rings. The number of amides is 1. The van der Waals surface area contributed by atoms with Gasteiger partial charge in [-0.2, -0.15) is 5.26 Å². The van der Waals surface area contributed by atoms with Gasteiger partial charge in [0.25, 0.3) is 5.91 Å². The van der Waals surface area contributed by atoms with Crippen LogP contribution in [0.3, 0.4) is 0 Å². The minimum absolute atomic E-state index is 0.201. The Hall–Kier alpha value is -3.14. The number of pyridine rings is 2. The molecule has 2 aromatic heterocycles. The Bertz CT molecular complexity index is 882. The minimum atomic E-state index is -0.567. The zero-order chi connectivity index (χ0) is 19.4. The second kappa shape index (κ2) is 8.04. The Morgan fingerprint density at radius 3 is 2.78 bits per heavy atom. The highest BCUT2D eigenvalue weighted by atomic mass is 16.5. The first-order valence-electron chi connectivity index (χ1n) is 9.00. The van der Waals surface area contributed by atoms with Gasteiger partial charge in [0.15, 0.2) is 0 Å². The van der Waals surface area contributed by atoms with E-state index in [1.54, 1.807) is 12.1 Å². The summed E-state index contributed by atoms with van der Waals surface area (Å²) in [6.07, 6.45) is 3.42. The summed E-state index contributed by atoms with van der Waals surface area (Å²) in [4.78, 5) is 21.9. The molecule has 1 amide bonds. The first kappa shape index (κ1) is 18.6. The Morgan fingerprint density at radius 2 is 2.11 bits per heavy atom. The van der Waals surface area contributed by atoms with Gasteiger partial charge in [0.1, 0.15) is 23.3 Å². The summed E-state index contributed by atoms with van der Waals surface area (Å²) in [6.45, 7) is 6.14. The van der Waals surface area contributed by atoms with Gasteiger partial charge in [0.2, 0.25) is 0 Å². The maximum Gasteiger partial charge on any atom is 0.267 e. The first-order chi connectivity index (χ1) is 13.0. The molecule has 1 saturated heterocycles. The van der Waals surface area contributed by atoms with Gasteiger partial charge >= 0.3 is 0 Å². The average molecular weight is 365 g/mol. The highest BCUT2D eigenvalue weighted by molar-refractivity contribution is 5.91. The quantitative estimate of drug-likeness (QED) is 0.872. The maximum absolute atomic E-state index is 11.2. The fourth-order valence-electron chi connectivity index (χ4n) is 3.35. The third kappa shape index (κ3) is 4.34. The lowest BCUT2D eigenvalue weighted by atomic mass is 9.97. The smallest absolute Gasteiger partial charge is 0.267 e. The van der Waals surface area contributed by atoms with Crippen molar-refractivity contribution >= 4 is 11.7 Å². The lowest BCUT2D eigenvalue weighted by molar-refractivity contribution is 0.0995. The van der Waals surface area contributed by atoms with Crippen molar-refractivity contribution in [3.63, 3.8) is 0 Å². The van der Waals surface area contributed by atoms with Crippen molar-refractivity contribution in [1.82, 2.24) is 9.97 Å². The molecule has 27 heavy (non-hydrogen) atoms. The van der Waals surface area contributed by atoms with E-state index in [0.717, 1.165) is 43.0 Å². The average Bonchev–Trinajstić information content (AvgIpc) is 2.66. The lowest BCUT2D eigenvalue weighted by Gasteiger charge is -2.33. The van der Waals surface area contributed by atoms with Crippen LogP contribution in [0.4, 0.5) is 5.82 Å². The van der Waals surface area contributed by atoms with Crippen molar-refractivity contribution in [2.75, 3.05) is 24.6 Å². The predicted molar refractivity (Wildman–Crippen MR) is 102 cm³/mol. The van der Waals surface area contributed by atoms with Gasteiger partial charge < -0.3 is 15.4 Å². The molecule has 0 atom stereocenters. The number of ether oxygens (including phenoxy) is 1. The van der Waals surface area contributed by atoms with Crippen LogP contribution in [-0.4, -0.2) is 35.6 Å². The molecule has 0 spiro atoms. The van der Waals surface area contributed by atoms with Gasteiger partial charge in [0, 0.05) is 31.0 Å². The van der Waals surface area contributed by atoms with Gasteiger partial charge in [0.05, 0.1) is 12.2 Å². The lowest BCUT2D eigenvalue weighted by Crippen LogP contribution is -2.36. The number of carbonyl (C=O) groups excluding carboxylic acids is 1. The SMILES string of the molecule is Cc1cc(C)c(C#N)c(N2CCC(COc3ccnc(C(N)=O)c3)CC2)n1. The van der Waals surface area contributed by atoms with E-state index >= 15 is 0 Å². The summed E-state index contributed by atoms with van der Waals surface area (Å²) in [5, 5.41) is 9.47. The molecule has 3 rings (SSSR count). The molecule has 0 bridgehead atoms. The van der Waals surface area contributed by atoms with Crippen LogP contribution in [0.2, 0.25) is 0 Å². The summed E-state index contributed by atoms with van der Waals surface area (Å²) < 4.78 is 5.83. The van der Waals surface area contributed by atoms with Gasteiger partial charge in [-0.05, 0) is 50.3 Å². The number of hydrogen-bond donors (Lipinski definition) is 1. The van der Waals surface area contributed by atoms with Gasteiger partial charge in [-0.3, -0.25) is 9.78 Å². The van der Waals surface area contributed by atoms with Crippen molar-refractivity contribution in [2.45, 2.75) is 26.7 Å². The van der Waals surface area contributed by atoms with Crippen LogP contribution in [0.5, 0.6) is 5.75 Å². The highest BCUT2D eigenvalue weighted by Gasteiger charge is 2.23. The molecule has 0 aliphatic carbocycles. The van der Waals surface area contributed by atoms with Crippen LogP contribution in [-0.2, 0) is 0 Å². The number of primary amides is 1. The van der Waals surface area contributed by atoms with E-state index in [1.807, 2.05) is 19.9 Å². The van der Waals surface area contributed by atoms with E-state index in [9.17, 15) is 10.1 Å². The molecule has 0 aromatic carbocycles. The molecule has 1 aliphatic heterocycles. The minimum Gasteiger partial charge on any atom is -0.493 e. The van der Waals surface area contributed by atoms with Crippen LogP contribution in [0.25, 0.3) is 0 Å². The Labute approximate surface area is 158 Å². The number of aryl methyl sites for hydroxylation is 2. The van der Waals surface area contributed by atoms with Crippen LogP contribution >= 0.6 is 0 Å². The number of anilines is 1. The Kier molecular flexibility index (Phi) is 5.55. The number of rotatable bonds is 5. The van der Waals surface area contributed by atoms with Crippen LogP contribution < -0.4 is 15.4 Å². The number of carbonyl (C=O) groups is 1. The molecule has 7 heteroatoms. The summed E-state index contributed by atoms with van der Waals surface area (Å²) in [5.74, 6) is 1.23. The molecule has 2 N–H and O–H groups in total. The molecule has 7 nitrogen and oxygen atoms in total. The largest absolute Gasteiger partial charge is 0.493 e. The van der Waals surface area contributed by atoms with Crippen molar-refractivity contribution in [2.24, 2.45) is 11.7 Å². The monoisotopic (exact) mass is 365 g/mol. The number of aromatic nitrogens is 2. The van der Waals surface area contributed by atoms with Crippen molar-refractivity contribution in [3.8, 4) is 11.8 Å². The molecule has 3 heterocycles. The normalized spacial score (nSPS) is 14.6. The third-order valence-corrected chi connectivity index (χ3v) is 4.82. The Balaban J connectivity index is 1.59. The molecule has 1 fully saturated rings. The van der Waals surface area contributed by atoms with Crippen molar-refractivity contribution in [1.29, 1.82) is 5.26 Å². The van der Waals surface area contributed by atoms with Gasteiger partial charge in [-0.1, -0.05) is 0 Å². The zero-order valence-electron chi connectivity index (χ0n) is 15.6. The topological polar surface area (TPSA) is 105 Å². The van der Waals surface area contributed by atoms with Crippen molar-refractivity contribution < 1.29 is 9.53 Å². The van der Waals surface area contributed by atoms with Gasteiger partial charge in [-0.15, -0.1) is 0 Å². The molecule has 0 radical (unpaired) electrons. The van der Waals surface area contributed by atoms with E-state index in [-0.39, 0.29) is 5.69 Å². The molecule has 0 unspecified atom stereocenters. The van der Waals surface area contributed by atoms with E-state index in [4.69, 9.17) is 10.5 Å². The summed E-state index contributed by atoms with van der Waals surface area (Å²) in [6, 6.07) is 7.52. The van der Waals surface area contributed by atoms with Crippen molar-refractivity contribution in [3.05, 3.63) is 46.9 Å². The fourth-order valence-corrected chi connectivity index (χ4v) is 3.35. The molecular formula is C20H23N5O2. The van der Waals surface area contributed by atoms with E-state index in [1.165, 1.54) is 6.20 Å². The second-order valence-electron chi connectivity index (χ2n) is 6.87. The van der Waals surface area contributed by atoms with Crippen LogP contribution in [0.15, 0.2) is 24.4 Å². The number of piperidine rings is 1. The highest BCUT2D eigenvalue weighted by Crippen LogP contribution is 2.27. The van der Waals surface area contributed by atoms with E-state index in [2.05, 4.69) is 20.9 Å². The first-order valence-corrected chi connectivity index (χ1v) is 9.00. The third-order valence-electron chi connectivity index (χ3n) is 4.82. The van der Waals surface area contributed by atoms with Crippen LogP contribution in [0.1, 0.15) is 40.2 Å². The maximum atomic E-state index is 11.2. The fraction of sp³-hybridized carbons (Fsp3) is 0.400. The van der Waals surface area contributed by atoms with Crippen LogP contribution in [0, 0.1) is 31.1 Å². The number of hydrogen-bond acceptors (Lipinski definition) is 6. The Morgan fingerprint density at radius 1 is 1.37 bits per heavy atom. The molecule has 140 valence electrons. The van der Waals surface area contributed by atoms with Gasteiger partial charge in [-0.25, -0.2) is 4.98 Å². The number of nitrogens with zero attached hydrogens (tertiary/aromatic N) is 4. The summed E-state index contributed by atoms with van der Waals surface area (Å²) in [7, 11) is 0. The molecular weight excluding hydrogens is 342 g/mol. The zero-order valence-corrected chi connectivity index (χ0v) is 15.6. The standard InChI is InChI=1S/C20H23N5O2/c1-13-9-14(2)24-20(17(13)11-21)25-7-4-15(5-8-25)12-27-16-3-6-23-18(10-16)19(22)26/h3,6,9-10,15H,4-5,7-8,12H2,1-2H3,(H2,22,26). The summed E-state index contributed by atoms with van der Waals surface area (Å²) in [5.41, 5.74) is 8.00. The molecule has 0 saturated carbocycles. The number of nitriles is 1. The predicted octanol–water partition coefficient (Wildman–Crippen LogP) is 2.36. The summed E-state index contributed by atoms with van der Waals surface area (Å²) >= 11 is 0. The second-order valence-corrected chi connectivity index (χ2v) is 6.87. The number of nitrogens with two attached hydrogens (primary N) is 1. The van der Waals surface area contributed by atoms with E-state index < -0.39 is 5.91 Å². The van der Waals surface area contributed by atoms with E-state index in [0.29, 0.717) is 23.8 Å².